The first-order valence-corrected chi connectivity index (χ1v) is 55.5. The van der Waals surface area contributed by atoms with Gasteiger partial charge in [0.05, 0.1) is 12.1 Å². The zero-order chi connectivity index (χ0) is 104. The molecular weight excluding hydrogens is 1880 g/mol. The SMILES string of the molecule is C=CC(=O)OCCOC(=O)NC1CCCC(CC2CCCC(NC(=O)OCOC(=O)NC3CCCC(CC4CCCC(NC)C4)C3)C2)C1.C=CC(=O)OCCOC(=O)NC1CCCC(CC2CCCC(NC(=O)OCOC(C)=O)C2)C1.CC(=O)OCOC(=O)NC1CCCC(CC2CCCC(NC(=O)OCOC(=O)NC3CCCC(CC4CCCC(N=C=O)C4)C3)C2)C1.CNC1CCCC(CC2CCCC(N=C=O)C2)C1. The Morgan fingerprint density at radius 2 is 0.411 bits per heavy atom. The van der Waals surface area contributed by atoms with Crippen molar-refractivity contribution < 1.29 is 124 Å². The van der Waals surface area contributed by atoms with E-state index in [4.69, 9.17) is 47.4 Å². The molecule has 38 nitrogen and oxygen atoms in total. The highest BCUT2D eigenvalue weighted by Gasteiger charge is 2.38. The van der Waals surface area contributed by atoms with Gasteiger partial charge in [-0.3, -0.25) is 9.59 Å². The number of esters is 4. The Kier molecular flexibility index (Phi) is 56.4. The molecule has 0 aromatic rings. The first kappa shape index (κ1) is 120. The van der Waals surface area contributed by atoms with Crippen molar-refractivity contribution in [2.75, 3.05) is 67.7 Å². The van der Waals surface area contributed by atoms with Gasteiger partial charge in [-0.1, -0.05) is 167 Å². The fourth-order valence-corrected chi connectivity index (χ4v) is 25.7. The van der Waals surface area contributed by atoms with Crippen LogP contribution in [-0.2, 0) is 85.6 Å². The van der Waals surface area contributed by atoms with Crippen molar-refractivity contribution in [3.05, 3.63) is 25.3 Å². The number of nitrogens with zero attached hydrogens (tertiary/aromatic N) is 2. The van der Waals surface area contributed by atoms with Gasteiger partial charge in [0, 0.05) is 86.4 Å². The minimum Gasteiger partial charge on any atom is -0.459 e. The summed E-state index contributed by atoms with van der Waals surface area (Å²) in [4.78, 5) is 171. The van der Waals surface area contributed by atoms with Gasteiger partial charge in [-0.25, -0.2) is 67.5 Å². The summed E-state index contributed by atoms with van der Waals surface area (Å²) in [6.07, 6.45) is 59.6. The first-order chi connectivity index (χ1) is 70.7. The fraction of sp³-hybridized carbons (Fsp3) is 0.833. The van der Waals surface area contributed by atoms with Gasteiger partial charge in [-0.15, -0.1) is 0 Å². The Hall–Kier alpha value is -9.80. The van der Waals surface area contributed by atoms with Crippen LogP contribution in [0.1, 0.15) is 361 Å². The lowest BCUT2D eigenvalue weighted by atomic mass is 9.75. The molecule has 0 saturated heterocycles. The highest BCUT2D eigenvalue weighted by molar-refractivity contribution is 5.81. The molecule has 0 aromatic heterocycles. The molecule has 12 aliphatic carbocycles. The predicted octanol–water partition coefficient (Wildman–Crippen LogP) is 18.3. The topological polar surface area (TPSA) is 495 Å². The number of ether oxygens (including phenoxy) is 12. The molecule has 0 spiro atoms. The highest BCUT2D eigenvalue weighted by atomic mass is 16.7. The number of isocyanates is 2. The second kappa shape index (κ2) is 68.7. The van der Waals surface area contributed by atoms with E-state index in [9.17, 15) is 67.1 Å². The van der Waals surface area contributed by atoms with Crippen LogP contribution in [0, 0.1) is 71.0 Å². The molecule has 146 heavy (non-hydrogen) atoms. The van der Waals surface area contributed by atoms with Crippen LogP contribution in [0.4, 0.5) is 38.4 Å². The predicted molar refractivity (Wildman–Crippen MR) is 543 cm³/mol. The number of hydrogen-bond donors (Lipinski definition) is 10. The lowest BCUT2D eigenvalue weighted by Gasteiger charge is -2.35. The molecule has 0 aliphatic heterocycles. The normalized spacial score (nSPS) is 30.1. The van der Waals surface area contributed by atoms with Gasteiger partial charge in [-0.05, 0) is 278 Å². The Morgan fingerprint density at radius 3 is 0.603 bits per heavy atom. The molecule has 24 unspecified atom stereocenters. The summed E-state index contributed by atoms with van der Waals surface area (Å²) >= 11 is 0. The maximum absolute atomic E-state index is 12.5. The van der Waals surface area contributed by atoms with Crippen molar-refractivity contribution in [1.29, 1.82) is 0 Å². The number of carbonyl (C=O) groups excluding carboxylic acids is 14. The summed E-state index contributed by atoms with van der Waals surface area (Å²) < 4.78 is 59.7. The van der Waals surface area contributed by atoms with Gasteiger partial charge < -0.3 is 110 Å². The molecule has 38 heteroatoms. The van der Waals surface area contributed by atoms with Crippen LogP contribution >= 0.6 is 0 Å². The molecule has 24 atom stereocenters. The third kappa shape index (κ3) is 50.0. The molecule has 12 saturated carbocycles. The minimum absolute atomic E-state index is 0.000256. The summed E-state index contributed by atoms with van der Waals surface area (Å²) in [7, 11) is 4.15. The molecule has 0 bridgehead atoms. The Balaban J connectivity index is 0.000000227. The average Bonchev–Trinajstić information content (AvgIpc) is 0.953. The number of amides is 8. The molecule has 824 valence electrons. The van der Waals surface area contributed by atoms with Crippen molar-refractivity contribution in [1.82, 2.24) is 53.2 Å². The standard InChI is InChI=1S/C36H60N4O8.C34H54N4O9.C23H36N2O8.C15H26N2O/c1-3-33(41)45-16-17-46-34(42)38-30-13-5-10-27(21-30)19-28-11-7-15-32(23-28)40-36(44)48-24-47-35(43)39-31-14-6-9-26(22-31)18-25-8-4-12-29(20-25)37-2;1-23(40)44-21-45-32(41)36-29-11-4-8-26(18-29)15-27-9-5-13-31(19-27)38-34(43)47-22-46-33(42)37-30-12-3-7-25(17-30)14-24-6-2-10-28(16-24)35-20-39;1-3-21(27)30-10-11-31-22(28)24-19-8-4-6-17(13-19)12-18-7-5-9-20(14-18)25-23(29)33-15-32-16(2)26;1-16-14-6-2-4-12(9-14)8-13-5-3-7-15(10-13)17-11-18/h3,25-32,37H,1,4-24H2,2H3,(H,38,42)(H,39,43)(H,40,44);24-31H,2-19,21-22H2,1H3,(H,36,41)(H,37,42)(H,38,43);3,17-20H,1,4-15H2,2H3,(H,24,28)(H,25,29);12-16H,2-10H2,1H3. The molecule has 10 N–H and O–H groups in total. The molecule has 12 fully saturated rings. The van der Waals surface area contributed by atoms with E-state index in [0.29, 0.717) is 59.3 Å². The summed E-state index contributed by atoms with van der Waals surface area (Å²) in [6.45, 7) is 7.52. The van der Waals surface area contributed by atoms with Crippen LogP contribution in [0.15, 0.2) is 35.3 Å². The third-order valence-corrected chi connectivity index (χ3v) is 32.3. The van der Waals surface area contributed by atoms with Crippen molar-refractivity contribution in [3.63, 3.8) is 0 Å². The summed E-state index contributed by atoms with van der Waals surface area (Å²) in [5.74, 6) is 5.05. The zero-order valence-corrected chi connectivity index (χ0v) is 87.8. The van der Waals surface area contributed by atoms with E-state index >= 15 is 0 Å². The van der Waals surface area contributed by atoms with E-state index in [1.165, 1.54) is 104 Å². The van der Waals surface area contributed by atoms with Gasteiger partial charge in [0.25, 0.3) is 0 Å². The van der Waals surface area contributed by atoms with E-state index in [-0.39, 0.29) is 100 Å². The van der Waals surface area contributed by atoms with E-state index in [0.717, 1.165) is 293 Å². The fourth-order valence-electron chi connectivity index (χ4n) is 25.7. The molecule has 0 radical (unpaired) electrons. The van der Waals surface area contributed by atoms with Crippen molar-refractivity contribution in [2.45, 2.75) is 433 Å². The Labute approximate surface area is 864 Å². The van der Waals surface area contributed by atoms with Gasteiger partial charge >= 0.3 is 72.6 Å². The van der Waals surface area contributed by atoms with Crippen LogP contribution in [0.2, 0.25) is 0 Å². The number of alkyl carbamates (subject to hydrolysis) is 8. The van der Waals surface area contributed by atoms with Crippen LogP contribution in [0.5, 0.6) is 0 Å². The number of rotatable bonds is 40. The van der Waals surface area contributed by atoms with E-state index in [1.54, 1.807) is 12.2 Å². The van der Waals surface area contributed by atoms with Crippen LogP contribution in [0.3, 0.4) is 0 Å². The van der Waals surface area contributed by atoms with E-state index in [2.05, 4.69) is 99.9 Å². The number of hydrogen-bond acceptors (Lipinski definition) is 30. The Bertz CT molecular complexity index is 4070. The van der Waals surface area contributed by atoms with Crippen LogP contribution in [0.25, 0.3) is 0 Å². The minimum atomic E-state index is -0.583. The highest BCUT2D eigenvalue weighted by Crippen LogP contribution is 2.43. The van der Waals surface area contributed by atoms with Gasteiger partial charge in [-0.2, -0.15) is 0 Å². The maximum atomic E-state index is 12.5. The summed E-state index contributed by atoms with van der Waals surface area (Å²) in [5, 5.41) is 30.4. The Morgan fingerprint density at radius 1 is 0.240 bits per heavy atom. The lowest BCUT2D eigenvalue weighted by molar-refractivity contribution is -0.150. The number of aliphatic imine (C=N–C) groups is 2. The second-order valence-corrected chi connectivity index (χ2v) is 43.6. The number of carbonyl (C=O) groups is 12. The van der Waals surface area contributed by atoms with Crippen molar-refractivity contribution >= 4 is 84.8 Å². The van der Waals surface area contributed by atoms with Gasteiger partial charge in [0.15, 0.2) is 0 Å². The first-order valence-electron chi connectivity index (χ1n) is 55.5. The summed E-state index contributed by atoms with van der Waals surface area (Å²) in [5.41, 5.74) is 0. The zero-order valence-electron chi connectivity index (χ0n) is 87.8. The quantitative estimate of drug-likeness (QED) is 0.00518. The molecule has 0 heterocycles. The molecule has 12 aliphatic rings. The largest absolute Gasteiger partial charge is 0.459 e. The van der Waals surface area contributed by atoms with E-state index in [1.807, 2.05) is 0 Å². The van der Waals surface area contributed by atoms with Gasteiger partial charge in [0.2, 0.25) is 39.3 Å². The van der Waals surface area contributed by atoms with Gasteiger partial charge in [0.1, 0.15) is 26.4 Å². The second-order valence-electron chi connectivity index (χ2n) is 43.6. The number of nitrogens with one attached hydrogen (secondary N) is 10. The smallest absolute Gasteiger partial charge is 0.410 e. The monoisotopic (exact) mass is 2060 g/mol. The van der Waals surface area contributed by atoms with E-state index < -0.39 is 86.2 Å². The van der Waals surface area contributed by atoms with Crippen LogP contribution < -0.4 is 53.2 Å². The molecule has 12 rings (SSSR count). The summed E-state index contributed by atoms with van der Waals surface area (Å²) in [6, 6.07) is 2.15. The lowest BCUT2D eigenvalue weighted by Crippen LogP contribution is -2.41. The molecule has 0 aromatic carbocycles. The average molecular weight is 2060 g/mol. The van der Waals surface area contributed by atoms with Crippen molar-refractivity contribution in [3.8, 4) is 0 Å². The molecular formula is C108H176N12O26. The van der Waals surface area contributed by atoms with Crippen molar-refractivity contribution in [2.24, 2.45) is 81.0 Å². The third-order valence-electron chi connectivity index (χ3n) is 32.3. The van der Waals surface area contributed by atoms with Crippen LogP contribution in [-0.4, -0.2) is 225 Å². The maximum Gasteiger partial charge on any atom is 0.410 e. The molecule has 8 amide bonds.